The first kappa shape index (κ1) is 22.9. The molecule has 0 aliphatic heterocycles. The van der Waals surface area contributed by atoms with E-state index in [0.29, 0.717) is 17.9 Å². The summed E-state index contributed by atoms with van der Waals surface area (Å²) in [6, 6.07) is 0. The van der Waals surface area contributed by atoms with Gasteiger partial charge in [-0.15, -0.1) is 24.0 Å². The third-order valence-electron chi connectivity index (χ3n) is 4.79. The largest absolute Gasteiger partial charge is 0.385 e. The molecule has 0 unspecified atom stereocenters. The zero-order chi connectivity index (χ0) is 16.9. The van der Waals surface area contributed by atoms with E-state index in [0.717, 1.165) is 19.6 Å². The van der Waals surface area contributed by atoms with E-state index in [4.69, 9.17) is 4.74 Å². The van der Waals surface area contributed by atoms with Crippen LogP contribution < -0.4 is 10.6 Å². The molecular weight excluding hydrogens is 429 g/mol. The molecule has 0 amide bonds. The molecule has 8 heteroatoms. The van der Waals surface area contributed by atoms with Gasteiger partial charge < -0.3 is 15.4 Å². The molecule has 1 saturated carbocycles. The summed E-state index contributed by atoms with van der Waals surface area (Å²) < 4.78 is 27.8. The molecule has 1 fully saturated rings. The maximum absolute atomic E-state index is 11.7. The molecule has 0 radical (unpaired) electrons. The lowest BCUT2D eigenvalue weighted by molar-refractivity contribution is 0.0732. The number of methoxy groups -OCH3 is 1. The van der Waals surface area contributed by atoms with Crippen LogP contribution in [-0.2, 0) is 14.6 Å². The summed E-state index contributed by atoms with van der Waals surface area (Å²) >= 11 is 0. The van der Waals surface area contributed by atoms with Gasteiger partial charge in [-0.1, -0.05) is 6.42 Å². The lowest BCUT2D eigenvalue weighted by Crippen LogP contribution is -2.51. The van der Waals surface area contributed by atoms with Gasteiger partial charge in [0.05, 0.1) is 4.75 Å². The Morgan fingerprint density at radius 3 is 2.30 bits per heavy atom. The standard InChI is InChI=1S/C15H31N3O3S.HI/c1-14(2,22(5,19)20)11-17-13(16-3)18-12-15(7-6-8-15)9-10-21-4;/h6-12H2,1-5H3,(H2,16,17,18);1H. The van der Waals surface area contributed by atoms with E-state index in [1.807, 2.05) is 0 Å². The average molecular weight is 461 g/mol. The van der Waals surface area contributed by atoms with Crippen molar-refractivity contribution in [2.75, 3.05) is 40.1 Å². The van der Waals surface area contributed by atoms with Crippen LogP contribution in [0.25, 0.3) is 0 Å². The highest BCUT2D eigenvalue weighted by Gasteiger charge is 2.36. The highest BCUT2D eigenvalue weighted by atomic mass is 127. The summed E-state index contributed by atoms with van der Waals surface area (Å²) in [5.41, 5.74) is 0.292. The third kappa shape index (κ3) is 6.74. The number of hydrogen-bond acceptors (Lipinski definition) is 4. The minimum atomic E-state index is -3.12. The highest BCUT2D eigenvalue weighted by molar-refractivity contribution is 14.0. The number of rotatable bonds is 8. The lowest BCUT2D eigenvalue weighted by Gasteiger charge is -2.42. The molecule has 1 aliphatic carbocycles. The first-order chi connectivity index (χ1) is 10.2. The Kier molecular flexibility index (Phi) is 9.37. The first-order valence-corrected chi connectivity index (χ1v) is 9.68. The molecule has 0 aromatic rings. The maximum atomic E-state index is 11.7. The van der Waals surface area contributed by atoms with Crippen molar-refractivity contribution in [1.29, 1.82) is 0 Å². The number of guanidine groups is 1. The Bertz CT molecular complexity index is 488. The number of nitrogens with zero attached hydrogens (tertiary/aromatic N) is 1. The summed E-state index contributed by atoms with van der Waals surface area (Å²) in [6.45, 7) is 5.38. The van der Waals surface area contributed by atoms with Gasteiger partial charge in [0.1, 0.15) is 0 Å². The van der Waals surface area contributed by atoms with Crippen molar-refractivity contribution >= 4 is 39.8 Å². The van der Waals surface area contributed by atoms with E-state index < -0.39 is 14.6 Å². The smallest absolute Gasteiger partial charge is 0.191 e. The molecule has 1 rings (SSSR count). The van der Waals surface area contributed by atoms with Gasteiger partial charge in [-0.05, 0) is 38.5 Å². The van der Waals surface area contributed by atoms with Crippen molar-refractivity contribution < 1.29 is 13.2 Å². The molecule has 0 heterocycles. The quantitative estimate of drug-likeness (QED) is 0.328. The SMILES string of the molecule is CN=C(NCC1(CCOC)CCC1)NCC(C)(C)S(C)(=O)=O.I. The Hall–Kier alpha value is -0.0900. The second-order valence-corrected chi connectivity index (χ2v) is 9.56. The predicted molar refractivity (Wildman–Crippen MR) is 106 cm³/mol. The van der Waals surface area contributed by atoms with Crippen LogP contribution in [0.2, 0.25) is 0 Å². The minimum absolute atomic E-state index is 0. The van der Waals surface area contributed by atoms with Gasteiger partial charge in [-0.25, -0.2) is 8.42 Å². The van der Waals surface area contributed by atoms with Crippen molar-refractivity contribution in [3.8, 4) is 0 Å². The molecule has 0 bridgehead atoms. The van der Waals surface area contributed by atoms with Gasteiger partial charge in [0.15, 0.2) is 15.8 Å². The van der Waals surface area contributed by atoms with Crippen LogP contribution in [0.4, 0.5) is 0 Å². The van der Waals surface area contributed by atoms with E-state index in [1.54, 1.807) is 28.0 Å². The highest BCUT2D eigenvalue weighted by Crippen LogP contribution is 2.43. The Morgan fingerprint density at radius 1 is 1.30 bits per heavy atom. The van der Waals surface area contributed by atoms with Crippen molar-refractivity contribution in [2.24, 2.45) is 10.4 Å². The summed E-state index contributed by atoms with van der Waals surface area (Å²) in [6.07, 6.45) is 5.98. The Morgan fingerprint density at radius 2 is 1.91 bits per heavy atom. The molecule has 0 aromatic carbocycles. The Balaban J connectivity index is 0.00000484. The summed E-state index contributed by atoms with van der Waals surface area (Å²) in [4.78, 5) is 4.18. The second-order valence-electron chi connectivity index (χ2n) is 6.91. The zero-order valence-corrected chi connectivity index (χ0v) is 18.1. The van der Waals surface area contributed by atoms with Crippen molar-refractivity contribution in [3.63, 3.8) is 0 Å². The number of nitrogens with one attached hydrogen (secondary N) is 2. The maximum Gasteiger partial charge on any atom is 0.191 e. The summed E-state index contributed by atoms with van der Waals surface area (Å²) in [7, 11) is 0.313. The molecular formula is C15H32IN3O3S. The molecule has 0 atom stereocenters. The average Bonchev–Trinajstić information content (AvgIpc) is 2.39. The fourth-order valence-corrected chi connectivity index (χ4v) is 2.76. The molecule has 0 aromatic heterocycles. The zero-order valence-electron chi connectivity index (χ0n) is 14.9. The van der Waals surface area contributed by atoms with Crippen LogP contribution in [-0.4, -0.2) is 59.2 Å². The molecule has 1 aliphatic rings. The van der Waals surface area contributed by atoms with E-state index in [-0.39, 0.29) is 24.0 Å². The summed E-state index contributed by atoms with van der Waals surface area (Å²) in [5.74, 6) is 0.653. The van der Waals surface area contributed by atoms with E-state index >= 15 is 0 Å². The second kappa shape index (κ2) is 9.41. The van der Waals surface area contributed by atoms with Crippen LogP contribution in [0.5, 0.6) is 0 Å². The fourth-order valence-electron chi connectivity index (χ4n) is 2.43. The van der Waals surface area contributed by atoms with Gasteiger partial charge in [0.25, 0.3) is 0 Å². The molecule has 138 valence electrons. The first-order valence-electron chi connectivity index (χ1n) is 7.79. The van der Waals surface area contributed by atoms with Gasteiger partial charge in [-0.2, -0.15) is 0 Å². The molecule has 0 spiro atoms. The van der Waals surface area contributed by atoms with Crippen LogP contribution in [0.15, 0.2) is 4.99 Å². The van der Waals surface area contributed by atoms with Crippen LogP contribution in [0.1, 0.15) is 39.5 Å². The fraction of sp³-hybridized carbons (Fsp3) is 0.933. The number of hydrogen-bond donors (Lipinski definition) is 2. The number of halogens is 1. The van der Waals surface area contributed by atoms with E-state index in [9.17, 15) is 8.42 Å². The van der Waals surface area contributed by atoms with Crippen LogP contribution >= 0.6 is 24.0 Å². The number of ether oxygens (including phenoxy) is 1. The van der Waals surface area contributed by atoms with Crippen molar-refractivity contribution in [2.45, 2.75) is 44.3 Å². The van der Waals surface area contributed by atoms with Crippen molar-refractivity contribution in [3.05, 3.63) is 0 Å². The van der Waals surface area contributed by atoms with Gasteiger partial charge in [-0.3, -0.25) is 4.99 Å². The van der Waals surface area contributed by atoms with Gasteiger partial charge in [0.2, 0.25) is 0 Å². The number of aliphatic imine (C=N–C) groups is 1. The Labute approximate surface area is 158 Å². The van der Waals surface area contributed by atoms with Crippen molar-refractivity contribution in [1.82, 2.24) is 10.6 Å². The monoisotopic (exact) mass is 461 g/mol. The van der Waals surface area contributed by atoms with Gasteiger partial charge >= 0.3 is 0 Å². The molecule has 0 saturated heterocycles. The number of sulfone groups is 1. The van der Waals surface area contributed by atoms with Gasteiger partial charge in [0, 0.05) is 40.1 Å². The predicted octanol–water partition coefficient (Wildman–Crippen LogP) is 1.80. The van der Waals surface area contributed by atoms with Crippen LogP contribution in [0.3, 0.4) is 0 Å². The molecule has 23 heavy (non-hydrogen) atoms. The molecule has 2 N–H and O–H groups in total. The topological polar surface area (TPSA) is 79.8 Å². The molecule has 6 nitrogen and oxygen atoms in total. The van der Waals surface area contributed by atoms with E-state index in [1.165, 1.54) is 25.5 Å². The summed E-state index contributed by atoms with van der Waals surface area (Å²) in [5, 5.41) is 6.46. The normalized spacial score (nSPS) is 17.9. The lowest BCUT2D eigenvalue weighted by atomic mass is 9.67. The minimum Gasteiger partial charge on any atom is -0.385 e. The van der Waals surface area contributed by atoms with E-state index in [2.05, 4.69) is 15.6 Å². The van der Waals surface area contributed by atoms with Crippen LogP contribution in [0, 0.1) is 5.41 Å². The third-order valence-corrected chi connectivity index (χ3v) is 6.94.